The summed E-state index contributed by atoms with van der Waals surface area (Å²) in [6, 6.07) is 4.50. The van der Waals surface area contributed by atoms with Crippen LogP contribution in [0.2, 0.25) is 0 Å². The van der Waals surface area contributed by atoms with Crippen LogP contribution in [0.5, 0.6) is 0 Å². The zero-order chi connectivity index (χ0) is 10.1. The molecule has 1 aromatic carbocycles. The standard InChI is InChI=1S/C11H9FO2/c12-10-2-1-7-3-9(11(14)6-13)4-8(7)5-10/h1-2,5-6,9H,3-4H2. The van der Waals surface area contributed by atoms with Gasteiger partial charge in [-0.05, 0) is 36.1 Å². The highest BCUT2D eigenvalue weighted by Crippen LogP contribution is 2.27. The molecular weight excluding hydrogens is 183 g/mol. The predicted molar refractivity (Wildman–Crippen MR) is 48.4 cm³/mol. The van der Waals surface area contributed by atoms with Crippen molar-refractivity contribution in [2.24, 2.45) is 5.92 Å². The lowest BCUT2D eigenvalue weighted by Gasteiger charge is -1.99. The van der Waals surface area contributed by atoms with Gasteiger partial charge in [0, 0.05) is 5.92 Å². The number of fused-ring (bicyclic) bond motifs is 1. The largest absolute Gasteiger partial charge is 0.295 e. The molecule has 0 saturated heterocycles. The zero-order valence-corrected chi connectivity index (χ0v) is 7.50. The lowest BCUT2D eigenvalue weighted by atomic mass is 10.0. The van der Waals surface area contributed by atoms with E-state index >= 15 is 0 Å². The van der Waals surface area contributed by atoms with Gasteiger partial charge >= 0.3 is 0 Å². The van der Waals surface area contributed by atoms with Crippen LogP contribution >= 0.6 is 0 Å². The topological polar surface area (TPSA) is 34.1 Å². The lowest BCUT2D eigenvalue weighted by molar-refractivity contribution is -0.132. The Hall–Kier alpha value is -1.51. The Balaban J connectivity index is 2.26. The third-order valence-electron chi connectivity index (χ3n) is 2.62. The fourth-order valence-corrected chi connectivity index (χ4v) is 1.88. The molecule has 0 aliphatic heterocycles. The first-order chi connectivity index (χ1) is 6.70. The summed E-state index contributed by atoms with van der Waals surface area (Å²) < 4.78 is 12.8. The molecule has 0 saturated carbocycles. The second-order valence-corrected chi connectivity index (χ2v) is 3.54. The second-order valence-electron chi connectivity index (χ2n) is 3.54. The molecule has 0 heterocycles. The van der Waals surface area contributed by atoms with Crippen molar-refractivity contribution in [1.82, 2.24) is 0 Å². The molecule has 0 bridgehead atoms. The molecule has 1 aliphatic carbocycles. The molecular formula is C11H9FO2. The molecule has 0 radical (unpaired) electrons. The molecule has 2 rings (SSSR count). The van der Waals surface area contributed by atoms with Gasteiger partial charge < -0.3 is 0 Å². The Morgan fingerprint density at radius 3 is 2.79 bits per heavy atom. The van der Waals surface area contributed by atoms with Gasteiger partial charge in [0.1, 0.15) is 5.82 Å². The summed E-state index contributed by atoms with van der Waals surface area (Å²) in [5.41, 5.74) is 1.83. The summed E-state index contributed by atoms with van der Waals surface area (Å²) in [5, 5.41) is 0. The zero-order valence-electron chi connectivity index (χ0n) is 7.50. The van der Waals surface area contributed by atoms with Crippen molar-refractivity contribution in [3.05, 3.63) is 35.1 Å². The molecule has 1 atom stereocenters. The van der Waals surface area contributed by atoms with Gasteiger partial charge in [0.2, 0.25) is 0 Å². The Bertz CT molecular complexity index is 398. The minimum atomic E-state index is -0.387. The number of halogens is 1. The summed E-state index contributed by atoms with van der Waals surface area (Å²) in [7, 11) is 0. The van der Waals surface area contributed by atoms with Crippen molar-refractivity contribution >= 4 is 12.1 Å². The first-order valence-corrected chi connectivity index (χ1v) is 4.47. The predicted octanol–water partition coefficient (Wildman–Crippen LogP) is 1.31. The smallest absolute Gasteiger partial charge is 0.198 e. The number of carbonyl (C=O) groups excluding carboxylic acids is 2. The first-order valence-electron chi connectivity index (χ1n) is 4.47. The van der Waals surface area contributed by atoms with Crippen molar-refractivity contribution in [3.8, 4) is 0 Å². The quantitative estimate of drug-likeness (QED) is 0.523. The van der Waals surface area contributed by atoms with Crippen molar-refractivity contribution < 1.29 is 14.0 Å². The molecule has 0 aromatic heterocycles. The van der Waals surface area contributed by atoms with Crippen LogP contribution in [0.4, 0.5) is 4.39 Å². The first kappa shape index (κ1) is 9.06. The Labute approximate surface area is 80.7 Å². The summed E-state index contributed by atoms with van der Waals surface area (Å²) in [4.78, 5) is 21.4. The van der Waals surface area contributed by atoms with E-state index in [0.29, 0.717) is 19.1 Å². The molecule has 0 fully saturated rings. The molecule has 0 N–H and O–H groups in total. The van der Waals surface area contributed by atoms with E-state index in [1.165, 1.54) is 12.1 Å². The Morgan fingerprint density at radius 1 is 1.36 bits per heavy atom. The van der Waals surface area contributed by atoms with Crippen LogP contribution < -0.4 is 0 Å². The molecule has 72 valence electrons. The van der Waals surface area contributed by atoms with Crippen LogP contribution in [0.15, 0.2) is 18.2 Å². The molecule has 1 aliphatic rings. The monoisotopic (exact) mass is 192 g/mol. The highest BCUT2D eigenvalue weighted by molar-refractivity contribution is 6.26. The van der Waals surface area contributed by atoms with E-state index in [-0.39, 0.29) is 17.5 Å². The summed E-state index contributed by atoms with van der Waals surface area (Å²) >= 11 is 0. The van der Waals surface area contributed by atoms with Crippen LogP contribution in [-0.4, -0.2) is 12.1 Å². The van der Waals surface area contributed by atoms with Crippen molar-refractivity contribution in [2.45, 2.75) is 12.8 Å². The molecule has 2 nitrogen and oxygen atoms in total. The van der Waals surface area contributed by atoms with Gasteiger partial charge in [0.15, 0.2) is 12.1 Å². The highest BCUT2D eigenvalue weighted by Gasteiger charge is 2.26. The summed E-state index contributed by atoms with van der Waals surface area (Å²) in [5.74, 6) is -0.950. The average Bonchev–Trinajstić information content (AvgIpc) is 2.59. The fourth-order valence-electron chi connectivity index (χ4n) is 1.88. The summed E-state index contributed by atoms with van der Waals surface area (Å²) in [6.07, 6.45) is 1.41. The molecule has 3 heteroatoms. The van der Waals surface area contributed by atoms with Crippen molar-refractivity contribution in [1.29, 1.82) is 0 Å². The van der Waals surface area contributed by atoms with E-state index in [0.717, 1.165) is 11.1 Å². The fraction of sp³-hybridized carbons (Fsp3) is 0.273. The van der Waals surface area contributed by atoms with Gasteiger partial charge in [-0.25, -0.2) is 4.39 Å². The van der Waals surface area contributed by atoms with E-state index in [1.54, 1.807) is 6.07 Å². The number of hydrogen-bond acceptors (Lipinski definition) is 2. The number of carbonyl (C=O) groups is 2. The number of benzene rings is 1. The third kappa shape index (κ3) is 1.45. The molecule has 1 unspecified atom stereocenters. The molecule has 1 aromatic rings. The van der Waals surface area contributed by atoms with Crippen molar-refractivity contribution in [3.63, 3.8) is 0 Å². The van der Waals surface area contributed by atoms with Gasteiger partial charge in [-0.2, -0.15) is 0 Å². The minimum Gasteiger partial charge on any atom is -0.295 e. The lowest BCUT2D eigenvalue weighted by Crippen LogP contribution is -2.15. The second kappa shape index (κ2) is 3.33. The average molecular weight is 192 g/mol. The number of hydrogen-bond donors (Lipinski definition) is 0. The molecule has 14 heavy (non-hydrogen) atoms. The maximum atomic E-state index is 12.8. The number of rotatable bonds is 2. The van der Waals surface area contributed by atoms with Crippen LogP contribution in [0.25, 0.3) is 0 Å². The van der Waals surface area contributed by atoms with E-state index < -0.39 is 0 Å². The van der Waals surface area contributed by atoms with Crippen LogP contribution in [-0.2, 0) is 22.4 Å². The highest BCUT2D eigenvalue weighted by atomic mass is 19.1. The number of ketones is 1. The minimum absolute atomic E-state index is 0.274. The number of Topliss-reactive ketones (excluding diaryl/α,β-unsaturated/α-hetero) is 1. The maximum absolute atomic E-state index is 12.8. The SMILES string of the molecule is O=CC(=O)C1Cc2ccc(F)cc2C1. The van der Waals surface area contributed by atoms with Gasteiger partial charge in [0.25, 0.3) is 0 Å². The van der Waals surface area contributed by atoms with Gasteiger partial charge in [-0.1, -0.05) is 6.07 Å². The molecule has 0 spiro atoms. The van der Waals surface area contributed by atoms with Crippen LogP contribution in [0.3, 0.4) is 0 Å². The molecule has 0 amide bonds. The van der Waals surface area contributed by atoms with Gasteiger partial charge in [-0.15, -0.1) is 0 Å². The van der Waals surface area contributed by atoms with E-state index in [9.17, 15) is 14.0 Å². The normalized spacial score (nSPS) is 19.1. The van der Waals surface area contributed by atoms with Gasteiger partial charge in [0.05, 0.1) is 0 Å². The van der Waals surface area contributed by atoms with E-state index in [1.807, 2.05) is 0 Å². The van der Waals surface area contributed by atoms with Crippen LogP contribution in [0.1, 0.15) is 11.1 Å². The van der Waals surface area contributed by atoms with E-state index in [4.69, 9.17) is 0 Å². The van der Waals surface area contributed by atoms with Crippen molar-refractivity contribution in [2.75, 3.05) is 0 Å². The Kier molecular flexibility index (Phi) is 2.15. The van der Waals surface area contributed by atoms with Crippen LogP contribution in [0, 0.1) is 11.7 Å². The summed E-state index contributed by atoms with van der Waals surface area (Å²) in [6.45, 7) is 0. The Morgan fingerprint density at radius 2 is 2.07 bits per heavy atom. The third-order valence-corrected chi connectivity index (χ3v) is 2.62. The number of aldehydes is 1. The van der Waals surface area contributed by atoms with Gasteiger partial charge in [-0.3, -0.25) is 9.59 Å². The van der Waals surface area contributed by atoms with E-state index in [2.05, 4.69) is 0 Å². The maximum Gasteiger partial charge on any atom is 0.198 e.